The molecule has 1 spiro atoms. The number of likely N-dealkylation sites (N-methyl/N-ethyl adjacent to an activating group) is 1. The molecule has 28 heavy (non-hydrogen) atoms. The number of nitrogens with zero attached hydrogens (tertiary/aromatic N) is 2. The third-order valence-corrected chi connectivity index (χ3v) is 5.99. The van der Waals surface area contributed by atoms with E-state index in [2.05, 4.69) is 12.2 Å². The van der Waals surface area contributed by atoms with Crippen molar-refractivity contribution in [1.29, 1.82) is 0 Å². The molecule has 2 fully saturated rings. The minimum Gasteiger partial charge on any atom is -0.353 e. The highest BCUT2D eigenvalue weighted by molar-refractivity contribution is 5.98. The van der Waals surface area contributed by atoms with Crippen molar-refractivity contribution in [3.8, 4) is 0 Å². The zero-order valence-electron chi connectivity index (χ0n) is 17.5. The Bertz CT molecular complexity index is 693. The fraction of sp³-hybridized carbons (Fsp3) is 0.636. The van der Waals surface area contributed by atoms with Crippen molar-refractivity contribution in [1.82, 2.24) is 15.1 Å². The van der Waals surface area contributed by atoms with Gasteiger partial charge in [0.1, 0.15) is 11.8 Å². The quantitative estimate of drug-likeness (QED) is 0.843. The summed E-state index contributed by atoms with van der Waals surface area (Å²) in [5.74, 6) is 0.385. The maximum Gasteiger partial charge on any atom is 0.256 e. The molecule has 2 aliphatic rings. The molecule has 1 aliphatic heterocycles. The lowest BCUT2D eigenvalue weighted by atomic mass is 9.83. The van der Waals surface area contributed by atoms with Gasteiger partial charge >= 0.3 is 0 Å². The molecule has 0 unspecified atom stereocenters. The first-order valence-electron chi connectivity index (χ1n) is 10.3. The number of ether oxygens (including phenoxy) is 1. The summed E-state index contributed by atoms with van der Waals surface area (Å²) in [7, 11) is 3.94. The van der Waals surface area contributed by atoms with E-state index < -0.39 is 11.8 Å². The standard InChI is InChI=1S/C22H33N3O3/c1-16-5-7-18(8-6-16)21(27)25-19(20(26)23-13-14-24(3)4)15-28-22(25)11-9-17(2)10-12-22/h5-8,17,19H,9-15H2,1-4H3,(H,23,26)/t17?,19-,22?/m0/s1. The molecule has 3 rings (SSSR count). The van der Waals surface area contributed by atoms with E-state index >= 15 is 0 Å². The fourth-order valence-electron chi connectivity index (χ4n) is 4.14. The van der Waals surface area contributed by atoms with Crippen LogP contribution in [0.15, 0.2) is 24.3 Å². The summed E-state index contributed by atoms with van der Waals surface area (Å²) in [6.45, 7) is 5.81. The summed E-state index contributed by atoms with van der Waals surface area (Å²) in [5, 5.41) is 2.98. The minimum absolute atomic E-state index is 0.111. The second kappa shape index (κ2) is 8.62. The number of carbonyl (C=O) groups is 2. The fourth-order valence-corrected chi connectivity index (χ4v) is 4.14. The van der Waals surface area contributed by atoms with E-state index in [0.717, 1.165) is 37.8 Å². The first-order chi connectivity index (χ1) is 13.3. The second-order valence-electron chi connectivity index (χ2n) is 8.59. The molecule has 1 saturated carbocycles. The SMILES string of the molecule is Cc1ccc(C(=O)N2[C@H](C(=O)NCCN(C)C)COC23CCC(C)CC3)cc1. The van der Waals surface area contributed by atoms with E-state index in [1.54, 1.807) is 4.90 Å². The minimum atomic E-state index is -0.655. The molecule has 0 radical (unpaired) electrons. The molecule has 6 nitrogen and oxygen atoms in total. The van der Waals surface area contributed by atoms with Crippen LogP contribution < -0.4 is 5.32 Å². The molecule has 2 amide bonds. The van der Waals surface area contributed by atoms with Gasteiger partial charge in [-0.25, -0.2) is 0 Å². The van der Waals surface area contributed by atoms with Gasteiger partial charge in [0, 0.05) is 18.7 Å². The van der Waals surface area contributed by atoms with Crippen LogP contribution in [0.1, 0.15) is 48.5 Å². The first-order valence-corrected chi connectivity index (χ1v) is 10.3. The van der Waals surface area contributed by atoms with E-state index in [4.69, 9.17) is 4.74 Å². The molecule has 1 saturated heterocycles. The van der Waals surface area contributed by atoms with E-state index in [9.17, 15) is 9.59 Å². The molecule has 1 atom stereocenters. The van der Waals surface area contributed by atoms with Crippen molar-refractivity contribution in [2.24, 2.45) is 5.92 Å². The molecule has 1 aliphatic carbocycles. The van der Waals surface area contributed by atoms with Crippen molar-refractivity contribution in [3.05, 3.63) is 35.4 Å². The summed E-state index contributed by atoms with van der Waals surface area (Å²) >= 11 is 0. The number of hydrogen-bond donors (Lipinski definition) is 1. The summed E-state index contributed by atoms with van der Waals surface area (Å²) in [5.41, 5.74) is 1.06. The second-order valence-corrected chi connectivity index (χ2v) is 8.59. The number of rotatable bonds is 5. The smallest absolute Gasteiger partial charge is 0.256 e. The summed E-state index contributed by atoms with van der Waals surface area (Å²) < 4.78 is 6.20. The van der Waals surface area contributed by atoms with Crippen molar-refractivity contribution < 1.29 is 14.3 Å². The normalized spacial score (nSPS) is 27.4. The molecule has 1 aromatic rings. The Balaban J connectivity index is 1.83. The van der Waals surface area contributed by atoms with Crippen LogP contribution in [0.2, 0.25) is 0 Å². The van der Waals surface area contributed by atoms with Crippen molar-refractivity contribution in [2.75, 3.05) is 33.8 Å². The maximum atomic E-state index is 13.5. The Hall–Kier alpha value is -1.92. The van der Waals surface area contributed by atoms with E-state index in [1.165, 1.54) is 0 Å². The van der Waals surface area contributed by atoms with Crippen LogP contribution in [0.3, 0.4) is 0 Å². The molecule has 1 heterocycles. The Kier molecular flexibility index (Phi) is 6.40. The molecule has 0 aromatic heterocycles. The van der Waals surface area contributed by atoms with E-state index in [-0.39, 0.29) is 18.4 Å². The number of benzene rings is 1. The highest BCUT2D eigenvalue weighted by Crippen LogP contribution is 2.43. The van der Waals surface area contributed by atoms with Crippen LogP contribution in [-0.4, -0.2) is 67.2 Å². The van der Waals surface area contributed by atoms with Gasteiger partial charge in [-0.05, 0) is 64.8 Å². The zero-order chi connectivity index (χ0) is 20.3. The Morgan fingerprint density at radius 1 is 1.21 bits per heavy atom. The van der Waals surface area contributed by atoms with Gasteiger partial charge in [-0.3, -0.25) is 14.5 Å². The monoisotopic (exact) mass is 387 g/mol. The molecule has 1 N–H and O–H groups in total. The molecular weight excluding hydrogens is 354 g/mol. The Morgan fingerprint density at radius 3 is 2.46 bits per heavy atom. The molecule has 1 aromatic carbocycles. The van der Waals surface area contributed by atoms with Crippen molar-refractivity contribution in [3.63, 3.8) is 0 Å². The van der Waals surface area contributed by atoms with Gasteiger partial charge in [0.15, 0.2) is 0 Å². The number of carbonyl (C=O) groups excluding carboxylic acids is 2. The van der Waals surface area contributed by atoms with Gasteiger partial charge < -0.3 is 15.0 Å². The average molecular weight is 388 g/mol. The summed E-state index contributed by atoms with van der Waals surface area (Å²) in [6.07, 6.45) is 3.58. The van der Waals surface area contributed by atoms with Gasteiger partial charge in [0.25, 0.3) is 5.91 Å². The topological polar surface area (TPSA) is 61.9 Å². The molecule has 0 bridgehead atoms. The molecule has 154 valence electrons. The van der Waals surface area contributed by atoms with Crippen LogP contribution in [-0.2, 0) is 9.53 Å². The van der Waals surface area contributed by atoms with Crippen LogP contribution in [0.5, 0.6) is 0 Å². The van der Waals surface area contributed by atoms with Gasteiger partial charge in [-0.1, -0.05) is 24.6 Å². The Labute approximate surface area is 168 Å². The number of amides is 2. The lowest BCUT2D eigenvalue weighted by Gasteiger charge is -2.43. The summed E-state index contributed by atoms with van der Waals surface area (Å²) in [6, 6.07) is 6.98. The summed E-state index contributed by atoms with van der Waals surface area (Å²) in [4.78, 5) is 30.1. The third kappa shape index (κ3) is 4.39. The highest BCUT2D eigenvalue weighted by atomic mass is 16.5. The maximum absolute atomic E-state index is 13.5. The predicted octanol–water partition coefficient (Wildman–Crippen LogP) is 2.42. The van der Waals surface area contributed by atoms with Crippen LogP contribution in [0.4, 0.5) is 0 Å². The van der Waals surface area contributed by atoms with Crippen molar-refractivity contribution >= 4 is 11.8 Å². The van der Waals surface area contributed by atoms with Crippen LogP contribution in [0.25, 0.3) is 0 Å². The first kappa shape index (κ1) is 20.8. The average Bonchev–Trinajstić information content (AvgIpc) is 3.03. The van der Waals surface area contributed by atoms with Gasteiger partial charge in [-0.15, -0.1) is 0 Å². The lowest BCUT2D eigenvalue weighted by molar-refractivity contribution is -0.127. The highest BCUT2D eigenvalue weighted by Gasteiger charge is 2.53. The van der Waals surface area contributed by atoms with E-state index in [0.29, 0.717) is 18.0 Å². The number of aryl methyl sites for hydroxylation is 1. The largest absolute Gasteiger partial charge is 0.353 e. The molecular formula is C22H33N3O3. The lowest BCUT2D eigenvalue weighted by Crippen LogP contribution is -2.57. The Morgan fingerprint density at radius 2 is 1.86 bits per heavy atom. The predicted molar refractivity (Wildman–Crippen MR) is 109 cm³/mol. The van der Waals surface area contributed by atoms with Crippen molar-refractivity contribution in [2.45, 2.75) is 51.3 Å². The van der Waals surface area contributed by atoms with E-state index in [1.807, 2.05) is 50.2 Å². The zero-order valence-corrected chi connectivity index (χ0v) is 17.5. The van der Waals surface area contributed by atoms with Gasteiger partial charge in [0.2, 0.25) is 5.91 Å². The number of nitrogens with one attached hydrogen (secondary N) is 1. The van der Waals surface area contributed by atoms with Crippen LogP contribution in [0, 0.1) is 12.8 Å². The van der Waals surface area contributed by atoms with Crippen LogP contribution >= 0.6 is 0 Å². The number of hydrogen-bond acceptors (Lipinski definition) is 4. The third-order valence-electron chi connectivity index (χ3n) is 5.99. The molecule has 6 heteroatoms. The van der Waals surface area contributed by atoms with Gasteiger partial charge in [-0.2, -0.15) is 0 Å². The van der Waals surface area contributed by atoms with Gasteiger partial charge in [0.05, 0.1) is 6.61 Å².